The normalized spacial score (nSPS) is 41.3. The van der Waals surface area contributed by atoms with Crippen molar-refractivity contribution >= 4 is 95.7 Å². The lowest BCUT2D eigenvalue weighted by Gasteiger charge is -2.56. The Morgan fingerprint density at radius 2 is 1.26 bits per heavy atom. The number of amides is 1. The van der Waals surface area contributed by atoms with Crippen LogP contribution in [0.3, 0.4) is 0 Å². The third-order valence-electron chi connectivity index (χ3n) is 17.0. The molecule has 1 heterocycles. The molecule has 13 rings (SSSR count). The van der Waals surface area contributed by atoms with E-state index in [4.69, 9.17) is 9.47 Å². The molecule has 0 N–H and O–H groups in total. The predicted octanol–water partition coefficient (Wildman–Crippen LogP) is 9.12. The standard InChI is InChI=1S/C45H50I3NO8S/c1-18(2)49-40-29-17-30(41(40)57-44(51)33-13-27(46)14-34(47)39(33)48)38(37(29)43(49)50)45(52)56-28-15-31(35-23-5-19-3-20(7-23)8-24(35)6-19)42(58(53,54)55)32(16-28)36-25-9-21-4-22(11-25)12-26(36)10-21/h13-16,18-26,29-30,35-38,40-41H,3-12,17H2,1-2H3,(H,53,54,55)/p-1. The van der Waals surface area contributed by atoms with Gasteiger partial charge >= 0.3 is 11.9 Å². The van der Waals surface area contributed by atoms with Gasteiger partial charge in [-0.05, 0) is 253 Å². The van der Waals surface area contributed by atoms with Crippen molar-refractivity contribution in [3.8, 4) is 5.75 Å². The van der Waals surface area contributed by atoms with Gasteiger partial charge in [0.15, 0.2) is 0 Å². The Morgan fingerprint density at radius 1 is 0.741 bits per heavy atom. The maximum absolute atomic E-state index is 14.9. The minimum Gasteiger partial charge on any atom is -0.744 e. The molecular formula is C45H49I3NO8S-. The van der Waals surface area contributed by atoms with Crippen LogP contribution in [-0.4, -0.2) is 53.9 Å². The van der Waals surface area contributed by atoms with Crippen LogP contribution in [0.5, 0.6) is 5.75 Å². The van der Waals surface area contributed by atoms with E-state index >= 15 is 0 Å². The second-order valence-electron chi connectivity index (χ2n) is 20.3. The maximum Gasteiger partial charge on any atom is 0.339 e. The summed E-state index contributed by atoms with van der Waals surface area (Å²) in [7, 11) is -4.87. The Kier molecular flexibility index (Phi) is 9.76. The van der Waals surface area contributed by atoms with Gasteiger partial charge in [0.05, 0.1) is 28.3 Å². The molecule has 2 aromatic carbocycles. The zero-order chi connectivity index (χ0) is 40.3. The number of rotatable bonds is 8. The summed E-state index contributed by atoms with van der Waals surface area (Å²) in [6.07, 6.45) is 10.8. The van der Waals surface area contributed by atoms with Crippen LogP contribution in [0.1, 0.15) is 118 Å². The molecule has 1 saturated heterocycles. The van der Waals surface area contributed by atoms with Gasteiger partial charge in [0, 0.05) is 22.7 Å². The molecular weight excluding hydrogens is 1100 g/mol. The van der Waals surface area contributed by atoms with Crippen LogP contribution < -0.4 is 4.74 Å². The summed E-state index contributed by atoms with van der Waals surface area (Å²) in [5, 5.41) is 0. The molecule has 10 saturated carbocycles. The number of nitrogens with zero attached hydrogens (tertiary/aromatic N) is 1. The van der Waals surface area contributed by atoms with Crippen molar-refractivity contribution in [2.24, 2.45) is 71.0 Å². The van der Waals surface area contributed by atoms with E-state index in [-0.39, 0.29) is 40.6 Å². The van der Waals surface area contributed by atoms with Crippen molar-refractivity contribution in [3.63, 3.8) is 0 Å². The first kappa shape index (κ1) is 39.8. The van der Waals surface area contributed by atoms with Gasteiger partial charge in [0.2, 0.25) is 5.91 Å². The van der Waals surface area contributed by atoms with Crippen LogP contribution in [0.15, 0.2) is 29.2 Å². The topological polar surface area (TPSA) is 130 Å². The molecule has 58 heavy (non-hydrogen) atoms. The van der Waals surface area contributed by atoms with E-state index in [9.17, 15) is 27.4 Å². The van der Waals surface area contributed by atoms with E-state index in [2.05, 4.69) is 67.8 Å². The molecule has 1 aliphatic heterocycles. The molecule has 6 atom stereocenters. The molecule has 0 aromatic heterocycles. The van der Waals surface area contributed by atoms with Crippen molar-refractivity contribution in [2.45, 2.75) is 119 Å². The van der Waals surface area contributed by atoms with Gasteiger partial charge in [-0.2, -0.15) is 0 Å². The van der Waals surface area contributed by atoms with Gasteiger partial charge in [0.1, 0.15) is 22.0 Å². The molecule has 0 spiro atoms. The van der Waals surface area contributed by atoms with E-state index in [1.54, 1.807) is 12.1 Å². The number of carbonyl (C=O) groups is 3. The lowest BCUT2D eigenvalue weighted by atomic mass is 9.49. The number of hydrogen-bond acceptors (Lipinski definition) is 8. The number of ether oxygens (including phenoxy) is 2. The molecule has 11 fully saturated rings. The molecule has 1 amide bonds. The lowest BCUT2D eigenvalue weighted by molar-refractivity contribution is -0.147. The summed E-state index contributed by atoms with van der Waals surface area (Å²) in [4.78, 5) is 45.0. The van der Waals surface area contributed by atoms with E-state index in [0.29, 0.717) is 76.2 Å². The second kappa shape index (κ2) is 14.2. The van der Waals surface area contributed by atoms with E-state index < -0.39 is 45.9 Å². The number of benzene rings is 2. The SMILES string of the molecule is CC(C)N1C(=O)C2C3CC(C(OC(=O)c4cc(I)cc(I)c4I)C31)C2C(=O)Oc1cc(C2C3CC4CC(C3)CC2C4)c(S(=O)(=O)[O-])c(C2C3CC4CC(C3)CC2C4)c1. The minimum absolute atomic E-state index is 0.0181. The Labute approximate surface area is 381 Å². The van der Waals surface area contributed by atoms with Crippen LogP contribution in [0, 0.1) is 81.7 Å². The number of fused-ring (bicyclic) bond motifs is 1. The van der Waals surface area contributed by atoms with Gasteiger partial charge in [-0.25, -0.2) is 13.2 Å². The van der Waals surface area contributed by atoms with Gasteiger partial charge in [-0.1, -0.05) is 0 Å². The number of likely N-dealkylation sites (tertiary alicyclic amines) is 1. The number of carbonyl (C=O) groups excluding carboxylic acids is 3. The first-order valence-corrected chi connectivity index (χ1v) is 26.3. The van der Waals surface area contributed by atoms with Crippen molar-refractivity contribution in [2.75, 3.05) is 0 Å². The average Bonchev–Trinajstić information content (AvgIpc) is 3.75. The fourth-order valence-electron chi connectivity index (χ4n) is 15.9. The van der Waals surface area contributed by atoms with Crippen LogP contribution in [0.2, 0.25) is 0 Å². The molecule has 310 valence electrons. The fraction of sp³-hybridized carbons (Fsp3) is 0.667. The van der Waals surface area contributed by atoms with Crippen molar-refractivity contribution in [1.82, 2.24) is 4.90 Å². The highest BCUT2D eigenvalue weighted by atomic mass is 127. The molecule has 13 heteroatoms. The molecule has 10 aliphatic carbocycles. The highest BCUT2D eigenvalue weighted by Crippen LogP contribution is 2.65. The summed E-state index contributed by atoms with van der Waals surface area (Å²) in [5.41, 5.74) is 1.64. The second-order valence-corrected chi connectivity index (χ2v) is 25.1. The molecule has 0 radical (unpaired) electrons. The average molecular weight is 1140 g/mol. The van der Waals surface area contributed by atoms with Crippen molar-refractivity contribution in [1.29, 1.82) is 0 Å². The zero-order valence-electron chi connectivity index (χ0n) is 32.7. The number of halogens is 3. The molecule has 11 aliphatic rings. The van der Waals surface area contributed by atoms with Crippen LogP contribution in [0.25, 0.3) is 0 Å². The van der Waals surface area contributed by atoms with Crippen LogP contribution >= 0.6 is 67.8 Å². The van der Waals surface area contributed by atoms with Crippen molar-refractivity contribution < 1.29 is 36.8 Å². The zero-order valence-corrected chi connectivity index (χ0v) is 39.9. The highest BCUT2D eigenvalue weighted by Gasteiger charge is 2.71. The summed E-state index contributed by atoms with van der Waals surface area (Å²) < 4.78 is 56.8. The van der Waals surface area contributed by atoms with Crippen LogP contribution in [0.4, 0.5) is 0 Å². The first-order chi connectivity index (χ1) is 27.6. The van der Waals surface area contributed by atoms with Crippen molar-refractivity contribution in [3.05, 3.63) is 51.7 Å². The largest absolute Gasteiger partial charge is 0.744 e. The molecule has 9 nitrogen and oxygen atoms in total. The lowest BCUT2D eigenvalue weighted by Crippen LogP contribution is -2.48. The highest BCUT2D eigenvalue weighted by molar-refractivity contribution is 14.1. The van der Waals surface area contributed by atoms with Crippen LogP contribution in [-0.2, 0) is 24.4 Å². The third kappa shape index (κ3) is 6.17. The maximum atomic E-state index is 14.9. The third-order valence-corrected chi connectivity index (χ3v) is 21.6. The van der Waals surface area contributed by atoms with Gasteiger partial charge in [-0.3, -0.25) is 9.59 Å². The van der Waals surface area contributed by atoms with E-state index in [1.807, 2.05) is 30.9 Å². The minimum atomic E-state index is -4.87. The Balaban J connectivity index is 0.981. The molecule has 2 aromatic rings. The Hall–Kier alpha value is -1.05. The quantitative estimate of drug-likeness (QED) is 0.0842. The predicted molar refractivity (Wildman–Crippen MR) is 238 cm³/mol. The monoisotopic (exact) mass is 1140 g/mol. The number of esters is 2. The number of hydrogen-bond donors (Lipinski definition) is 0. The summed E-state index contributed by atoms with van der Waals surface area (Å²) in [6, 6.07) is 6.87. The smallest absolute Gasteiger partial charge is 0.339 e. The molecule has 6 unspecified atom stereocenters. The summed E-state index contributed by atoms with van der Waals surface area (Å²) in [6.45, 7) is 3.94. The van der Waals surface area contributed by atoms with E-state index in [1.165, 1.54) is 12.8 Å². The van der Waals surface area contributed by atoms with Gasteiger partial charge in [0.25, 0.3) is 0 Å². The Bertz CT molecular complexity index is 2130. The van der Waals surface area contributed by atoms with E-state index in [0.717, 1.165) is 62.1 Å². The van der Waals surface area contributed by atoms with Gasteiger partial charge in [-0.15, -0.1) is 0 Å². The first-order valence-electron chi connectivity index (χ1n) is 21.7. The Morgan fingerprint density at radius 3 is 1.74 bits per heavy atom. The molecule has 10 bridgehead atoms. The van der Waals surface area contributed by atoms with Gasteiger partial charge < -0.3 is 18.9 Å². The fourth-order valence-corrected chi connectivity index (χ4v) is 19.2. The summed E-state index contributed by atoms with van der Waals surface area (Å²) in [5.74, 6) is 1.03. The summed E-state index contributed by atoms with van der Waals surface area (Å²) >= 11 is 6.59.